The number of aromatic nitrogens is 2. The van der Waals surface area contributed by atoms with Gasteiger partial charge in [0.15, 0.2) is 0 Å². The van der Waals surface area contributed by atoms with Crippen LogP contribution < -0.4 is 10.9 Å². The van der Waals surface area contributed by atoms with Gasteiger partial charge in [-0.3, -0.25) is 9.59 Å². The highest BCUT2D eigenvalue weighted by Gasteiger charge is 2.05. The van der Waals surface area contributed by atoms with Gasteiger partial charge in [0.05, 0.1) is 0 Å². The van der Waals surface area contributed by atoms with Gasteiger partial charge in [0, 0.05) is 22.9 Å². The van der Waals surface area contributed by atoms with Gasteiger partial charge in [0.1, 0.15) is 12.4 Å². The van der Waals surface area contributed by atoms with Gasteiger partial charge >= 0.3 is 0 Å². The smallest absolute Gasteiger partial charge is 0.251 e. The first-order valence-corrected chi connectivity index (χ1v) is 6.01. The predicted octanol–water partition coefficient (Wildman–Crippen LogP) is 1.64. The molecule has 0 radical (unpaired) electrons. The van der Waals surface area contributed by atoms with Crippen molar-refractivity contribution >= 4 is 27.7 Å². The van der Waals surface area contributed by atoms with Gasteiger partial charge in [-0.25, -0.2) is 4.98 Å². The first-order chi connectivity index (χ1) is 8.65. The molecule has 0 aliphatic heterocycles. The van der Waals surface area contributed by atoms with Crippen molar-refractivity contribution in [3.8, 4) is 0 Å². The molecule has 1 amide bonds. The third-order valence-corrected chi connectivity index (χ3v) is 2.66. The maximum Gasteiger partial charge on any atom is 0.251 e. The summed E-state index contributed by atoms with van der Waals surface area (Å²) in [4.78, 5) is 27.2. The van der Waals surface area contributed by atoms with Crippen LogP contribution in [0.25, 0.3) is 0 Å². The molecule has 0 aliphatic carbocycles. The molecule has 0 unspecified atom stereocenters. The van der Waals surface area contributed by atoms with Crippen molar-refractivity contribution in [2.45, 2.75) is 6.54 Å². The molecule has 0 spiro atoms. The second kappa shape index (κ2) is 5.59. The topological polar surface area (TPSA) is 64.0 Å². The SMILES string of the molecule is O=C(Cn1cc(Br)ccc1=O)Nc1ccccn1. The fourth-order valence-electron chi connectivity index (χ4n) is 1.40. The van der Waals surface area contributed by atoms with Gasteiger partial charge in [0.2, 0.25) is 5.91 Å². The number of pyridine rings is 2. The Balaban J connectivity index is 2.08. The lowest BCUT2D eigenvalue weighted by molar-refractivity contribution is -0.116. The highest BCUT2D eigenvalue weighted by atomic mass is 79.9. The lowest BCUT2D eigenvalue weighted by Crippen LogP contribution is -2.26. The molecule has 18 heavy (non-hydrogen) atoms. The van der Waals surface area contributed by atoms with E-state index in [1.165, 1.54) is 10.6 Å². The van der Waals surface area contributed by atoms with Crippen molar-refractivity contribution in [1.82, 2.24) is 9.55 Å². The van der Waals surface area contributed by atoms with E-state index in [-0.39, 0.29) is 18.0 Å². The average molecular weight is 308 g/mol. The number of hydrogen-bond donors (Lipinski definition) is 1. The van der Waals surface area contributed by atoms with Crippen LogP contribution in [0.3, 0.4) is 0 Å². The Morgan fingerprint density at radius 2 is 2.17 bits per heavy atom. The Labute approximate surface area is 112 Å². The van der Waals surface area contributed by atoms with Crippen molar-refractivity contribution in [3.63, 3.8) is 0 Å². The minimum atomic E-state index is -0.297. The number of carbonyl (C=O) groups is 1. The zero-order chi connectivity index (χ0) is 13.0. The molecule has 2 aromatic rings. The molecular formula is C12H10BrN3O2. The third-order valence-electron chi connectivity index (χ3n) is 2.19. The summed E-state index contributed by atoms with van der Waals surface area (Å²) in [6.45, 7) is -0.0468. The quantitative estimate of drug-likeness (QED) is 0.937. The number of nitrogens with one attached hydrogen (secondary N) is 1. The Kier molecular flexibility index (Phi) is 3.88. The van der Waals surface area contributed by atoms with Crippen molar-refractivity contribution in [2.75, 3.05) is 5.32 Å². The molecule has 0 aliphatic rings. The Bertz CT molecular complexity index is 610. The predicted molar refractivity (Wildman–Crippen MR) is 71.3 cm³/mol. The van der Waals surface area contributed by atoms with Gasteiger partial charge < -0.3 is 9.88 Å². The van der Waals surface area contributed by atoms with Crippen molar-refractivity contribution in [1.29, 1.82) is 0 Å². The number of amides is 1. The van der Waals surface area contributed by atoms with Crippen LogP contribution in [0.2, 0.25) is 0 Å². The maximum atomic E-state index is 11.7. The number of nitrogens with zero attached hydrogens (tertiary/aromatic N) is 2. The van der Waals surface area contributed by atoms with Crippen LogP contribution in [0, 0.1) is 0 Å². The molecule has 2 rings (SSSR count). The van der Waals surface area contributed by atoms with Crippen LogP contribution in [-0.2, 0) is 11.3 Å². The molecular weight excluding hydrogens is 298 g/mol. The number of hydrogen-bond acceptors (Lipinski definition) is 3. The molecule has 0 saturated carbocycles. The zero-order valence-electron chi connectivity index (χ0n) is 9.34. The summed E-state index contributed by atoms with van der Waals surface area (Å²) >= 11 is 3.25. The number of rotatable bonds is 3. The molecule has 0 fully saturated rings. The molecule has 1 N–H and O–H groups in total. The summed E-state index contributed by atoms with van der Waals surface area (Å²) < 4.78 is 2.07. The van der Waals surface area contributed by atoms with Crippen LogP contribution in [0.5, 0.6) is 0 Å². The molecule has 0 aromatic carbocycles. The number of anilines is 1. The average Bonchev–Trinajstić information content (AvgIpc) is 2.35. The van der Waals surface area contributed by atoms with Gasteiger partial charge in [-0.15, -0.1) is 0 Å². The van der Waals surface area contributed by atoms with Crippen LogP contribution >= 0.6 is 15.9 Å². The van der Waals surface area contributed by atoms with E-state index >= 15 is 0 Å². The fraction of sp³-hybridized carbons (Fsp3) is 0.0833. The normalized spacial score (nSPS) is 10.1. The second-order valence-corrected chi connectivity index (χ2v) is 4.49. The van der Waals surface area contributed by atoms with E-state index in [9.17, 15) is 9.59 Å². The van der Waals surface area contributed by atoms with Gasteiger partial charge in [0.25, 0.3) is 5.56 Å². The molecule has 2 heterocycles. The van der Waals surface area contributed by atoms with E-state index in [1.807, 2.05) is 0 Å². The molecule has 0 saturated heterocycles. The summed E-state index contributed by atoms with van der Waals surface area (Å²) in [5, 5.41) is 2.61. The second-order valence-electron chi connectivity index (χ2n) is 3.58. The standard InChI is InChI=1S/C12H10BrN3O2/c13-9-4-5-12(18)16(7-9)8-11(17)15-10-3-1-2-6-14-10/h1-7H,8H2,(H,14,15,17). The summed E-state index contributed by atoms with van der Waals surface area (Å²) in [7, 11) is 0. The van der Waals surface area contributed by atoms with Crippen LogP contribution in [0.15, 0.2) is 52.0 Å². The number of carbonyl (C=O) groups excluding carboxylic acids is 1. The minimum Gasteiger partial charge on any atom is -0.309 e. The Morgan fingerprint density at radius 3 is 2.89 bits per heavy atom. The Morgan fingerprint density at radius 1 is 1.33 bits per heavy atom. The van der Waals surface area contributed by atoms with E-state index in [0.717, 1.165) is 4.47 Å². The first kappa shape index (κ1) is 12.5. The van der Waals surface area contributed by atoms with Crippen molar-refractivity contribution < 1.29 is 4.79 Å². The lowest BCUT2D eigenvalue weighted by atomic mass is 10.4. The molecule has 5 nitrogen and oxygen atoms in total. The summed E-state index contributed by atoms with van der Waals surface area (Å²) in [6, 6.07) is 8.25. The highest BCUT2D eigenvalue weighted by molar-refractivity contribution is 9.10. The zero-order valence-corrected chi connectivity index (χ0v) is 10.9. The summed E-state index contributed by atoms with van der Waals surface area (Å²) in [5.41, 5.74) is -0.227. The monoisotopic (exact) mass is 307 g/mol. The maximum absolute atomic E-state index is 11.7. The molecule has 0 bridgehead atoms. The highest BCUT2D eigenvalue weighted by Crippen LogP contribution is 2.05. The molecule has 0 atom stereocenters. The third kappa shape index (κ3) is 3.27. The Hall–Kier alpha value is -1.95. The van der Waals surface area contributed by atoms with Crippen LogP contribution in [0.4, 0.5) is 5.82 Å². The van der Waals surface area contributed by atoms with Crippen molar-refractivity contribution in [2.24, 2.45) is 0 Å². The van der Waals surface area contributed by atoms with E-state index in [4.69, 9.17) is 0 Å². The summed E-state index contributed by atoms with van der Waals surface area (Å²) in [5.74, 6) is 0.166. The van der Waals surface area contributed by atoms with Gasteiger partial charge in [-0.2, -0.15) is 0 Å². The van der Waals surface area contributed by atoms with Gasteiger partial charge in [-0.1, -0.05) is 6.07 Å². The molecule has 92 valence electrons. The van der Waals surface area contributed by atoms with E-state index in [0.29, 0.717) is 5.82 Å². The molecule has 2 aromatic heterocycles. The molecule has 6 heteroatoms. The largest absolute Gasteiger partial charge is 0.309 e. The van der Waals surface area contributed by atoms with Gasteiger partial charge in [-0.05, 0) is 34.1 Å². The van der Waals surface area contributed by atoms with Crippen LogP contribution in [0.1, 0.15) is 0 Å². The van der Waals surface area contributed by atoms with Crippen LogP contribution in [-0.4, -0.2) is 15.5 Å². The van der Waals surface area contributed by atoms with Crippen molar-refractivity contribution in [3.05, 3.63) is 57.6 Å². The fourth-order valence-corrected chi connectivity index (χ4v) is 1.78. The number of halogens is 1. The lowest BCUT2D eigenvalue weighted by Gasteiger charge is -2.06. The minimum absolute atomic E-state index is 0.0468. The summed E-state index contributed by atoms with van der Waals surface area (Å²) in [6.07, 6.45) is 3.15. The van der Waals surface area contributed by atoms with E-state index in [2.05, 4.69) is 26.2 Å². The van der Waals surface area contributed by atoms with E-state index in [1.54, 1.807) is 36.7 Å². The first-order valence-electron chi connectivity index (χ1n) is 5.22. The van der Waals surface area contributed by atoms with E-state index < -0.39 is 0 Å².